The van der Waals surface area contributed by atoms with Crippen LogP contribution in [0.5, 0.6) is 5.75 Å². The molecule has 0 N–H and O–H groups in total. The van der Waals surface area contributed by atoms with E-state index in [1.807, 2.05) is 42.2 Å². The van der Waals surface area contributed by atoms with Crippen LogP contribution in [0.3, 0.4) is 0 Å². The Morgan fingerprint density at radius 3 is 2.69 bits per heavy atom. The Morgan fingerprint density at radius 2 is 1.97 bits per heavy atom. The molecule has 2 heterocycles. The van der Waals surface area contributed by atoms with Gasteiger partial charge in [0.15, 0.2) is 6.61 Å². The number of carbonyl (C=O) groups excluding carboxylic acids is 2. The summed E-state index contributed by atoms with van der Waals surface area (Å²) < 4.78 is 5.54. The summed E-state index contributed by atoms with van der Waals surface area (Å²) in [5.74, 6) is 2.50. The first kappa shape index (κ1) is 19.4. The van der Waals surface area contributed by atoms with Crippen LogP contribution < -0.4 is 9.64 Å². The molecule has 1 fully saturated rings. The number of carbonyl (C=O) groups is 2. The van der Waals surface area contributed by atoms with E-state index >= 15 is 0 Å². The van der Waals surface area contributed by atoms with E-state index in [0.717, 1.165) is 23.6 Å². The van der Waals surface area contributed by atoms with E-state index in [1.165, 1.54) is 12.8 Å². The van der Waals surface area contributed by atoms with Crippen molar-refractivity contribution in [1.29, 1.82) is 0 Å². The standard InChI is InChI=1S/C22H26N4O3/c1-15-18-10-11-20(27)26(12-16-8-9-16)22(18)24-19(23-15)13-25(2)21(28)14-29-17-6-4-3-5-7-17/h3-7,16H,8-14H2,1-2H3. The van der Waals surface area contributed by atoms with Crippen LogP contribution in [0.25, 0.3) is 0 Å². The Morgan fingerprint density at radius 1 is 1.21 bits per heavy atom. The van der Waals surface area contributed by atoms with Crippen molar-refractivity contribution in [1.82, 2.24) is 14.9 Å². The Bertz CT molecular complexity index is 912. The molecule has 0 saturated heterocycles. The first-order chi connectivity index (χ1) is 14.0. The van der Waals surface area contributed by atoms with Gasteiger partial charge in [-0.25, -0.2) is 9.97 Å². The van der Waals surface area contributed by atoms with Crippen molar-refractivity contribution in [2.45, 2.75) is 39.2 Å². The summed E-state index contributed by atoms with van der Waals surface area (Å²) in [6.45, 7) is 2.92. The monoisotopic (exact) mass is 394 g/mol. The zero-order valence-corrected chi connectivity index (χ0v) is 16.9. The quantitative estimate of drug-likeness (QED) is 0.721. The Balaban J connectivity index is 1.45. The smallest absolute Gasteiger partial charge is 0.260 e. The zero-order valence-electron chi connectivity index (χ0n) is 16.9. The normalized spacial score (nSPS) is 15.8. The van der Waals surface area contributed by atoms with E-state index in [0.29, 0.717) is 30.3 Å². The highest BCUT2D eigenvalue weighted by Crippen LogP contribution is 2.35. The van der Waals surface area contributed by atoms with Gasteiger partial charge in [0.2, 0.25) is 5.91 Å². The predicted octanol–water partition coefficient (Wildman–Crippen LogP) is 2.51. The van der Waals surface area contributed by atoms with Gasteiger partial charge in [-0.1, -0.05) is 18.2 Å². The average molecular weight is 394 g/mol. The number of amides is 2. The third kappa shape index (κ3) is 4.55. The van der Waals surface area contributed by atoms with Crippen LogP contribution in [0.4, 0.5) is 5.82 Å². The van der Waals surface area contributed by atoms with E-state index in [-0.39, 0.29) is 25.0 Å². The van der Waals surface area contributed by atoms with Gasteiger partial charge < -0.3 is 9.64 Å². The molecule has 1 saturated carbocycles. The maximum absolute atomic E-state index is 12.5. The van der Waals surface area contributed by atoms with Gasteiger partial charge in [0.05, 0.1) is 6.54 Å². The molecule has 2 amide bonds. The molecule has 0 atom stereocenters. The maximum atomic E-state index is 12.5. The van der Waals surface area contributed by atoms with E-state index in [1.54, 1.807) is 11.9 Å². The van der Waals surface area contributed by atoms with Gasteiger partial charge >= 0.3 is 0 Å². The second-order valence-electron chi connectivity index (χ2n) is 7.83. The number of ether oxygens (including phenoxy) is 1. The van der Waals surface area contributed by atoms with Crippen molar-refractivity contribution in [3.8, 4) is 5.75 Å². The van der Waals surface area contributed by atoms with Crippen molar-refractivity contribution in [2.75, 3.05) is 25.1 Å². The number of para-hydroxylation sites is 1. The number of aromatic nitrogens is 2. The largest absolute Gasteiger partial charge is 0.484 e. The first-order valence-corrected chi connectivity index (χ1v) is 10.1. The lowest BCUT2D eigenvalue weighted by atomic mass is 10.0. The second-order valence-corrected chi connectivity index (χ2v) is 7.83. The highest BCUT2D eigenvalue weighted by Gasteiger charge is 2.33. The molecule has 1 aliphatic heterocycles. The molecule has 152 valence electrons. The summed E-state index contributed by atoms with van der Waals surface area (Å²) >= 11 is 0. The number of fused-ring (bicyclic) bond motifs is 1. The van der Waals surface area contributed by atoms with Gasteiger partial charge in [-0.05, 0) is 44.2 Å². The summed E-state index contributed by atoms with van der Waals surface area (Å²) in [7, 11) is 1.71. The maximum Gasteiger partial charge on any atom is 0.260 e. The van der Waals surface area contributed by atoms with Crippen LogP contribution in [0.15, 0.2) is 30.3 Å². The third-order valence-corrected chi connectivity index (χ3v) is 5.43. The number of rotatable bonds is 7. The van der Waals surface area contributed by atoms with E-state index < -0.39 is 0 Å². The van der Waals surface area contributed by atoms with Crippen LogP contribution in [0.2, 0.25) is 0 Å². The minimum absolute atomic E-state index is 0.0449. The lowest BCUT2D eigenvalue weighted by Crippen LogP contribution is -2.38. The van der Waals surface area contributed by atoms with Crippen molar-refractivity contribution in [3.05, 3.63) is 47.4 Å². The van der Waals surface area contributed by atoms with Crippen molar-refractivity contribution in [2.24, 2.45) is 5.92 Å². The van der Waals surface area contributed by atoms with Gasteiger partial charge in [-0.3, -0.25) is 14.5 Å². The average Bonchev–Trinajstić information content (AvgIpc) is 3.53. The van der Waals surface area contributed by atoms with Crippen molar-refractivity contribution in [3.63, 3.8) is 0 Å². The Kier molecular flexibility index (Phi) is 5.47. The van der Waals surface area contributed by atoms with Gasteiger partial charge in [-0.15, -0.1) is 0 Å². The van der Waals surface area contributed by atoms with E-state index in [9.17, 15) is 9.59 Å². The number of aryl methyl sites for hydroxylation is 1. The molecule has 2 aliphatic rings. The van der Waals surface area contributed by atoms with Gasteiger partial charge in [-0.2, -0.15) is 0 Å². The molecule has 0 radical (unpaired) electrons. The highest BCUT2D eigenvalue weighted by atomic mass is 16.5. The number of hydrogen-bond acceptors (Lipinski definition) is 5. The number of anilines is 1. The van der Waals surface area contributed by atoms with Gasteiger partial charge in [0.25, 0.3) is 5.91 Å². The summed E-state index contributed by atoms with van der Waals surface area (Å²) in [5, 5.41) is 0. The lowest BCUT2D eigenvalue weighted by Gasteiger charge is -2.29. The lowest BCUT2D eigenvalue weighted by molar-refractivity contribution is -0.132. The molecule has 1 aliphatic carbocycles. The van der Waals surface area contributed by atoms with Crippen LogP contribution in [-0.4, -0.2) is 46.9 Å². The minimum Gasteiger partial charge on any atom is -0.484 e. The number of benzene rings is 1. The molecule has 7 nitrogen and oxygen atoms in total. The first-order valence-electron chi connectivity index (χ1n) is 10.1. The van der Waals surface area contributed by atoms with Crippen LogP contribution in [0, 0.1) is 12.8 Å². The third-order valence-electron chi connectivity index (χ3n) is 5.43. The number of likely N-dealkylation sites (N-methyl/N-ethyl adjacent to an activating group) is 1. The Hall–Kier alpha value is -2.96. The SMILES string of the molecule is Cc1nc(CN(C)C(=O)COc2ccccc2)nc2c1CCC(=O)N2CC1CC1. The minimum atomic E-state index is -0.154. The van der Waals surface area contributed by atoms with Crippen molar-refractivity contribution < 1.29 is 14.3 Å². The van der Waals surface area contributed by atoms with Gasteiger partial charge in [0.1, 0.15) is 17.4 Å². The fourth-order valence-electron chi connectivity index (χ4n) is 3.53. The molecule has 2 aromatic rings. The second kappa shape index (κ2) is 8.19. The zero-order chi connectivity index (χ0) is 20.4. The van der Waals surface area contributed by atoms with Crippen molar-refractivity contribution >= 4 is 17.6 Å². The summed E-state index contributed by atoms with van der Waals surface area (Å²) in [6, 6.07) is 9.25. The molecule has 29 heavy (non-hydrogen) atoms. The topological polar surface area (TPSA) is 75.6 Å². The molecule has 0 spiro atoms. The summed E-state index contributed by atoms with van der Waals surface area (Å²) in [5.41, 5.74) is 1.94. The highest BCUT2D eigenvalue weighted by molar-refractivity contribution is 5.95. The fourth-order valence-corrected chi connectivity index (χ4v) is 3.53. The molecule has 7 heteroatoms. The number of hydrogen-bond donors (Lipinski definition) is 0. The van der Waals surface area contributed by atoms with Crippen LogP contribution >= 0.6 is 0 Å². The molecule has 0 unspecified atom stereocenters. The molecular weight excluding hydrogens is 368 g/mol. The molecule has 1 aromatic heterocycles. The Labute approximate surface area is 170 Å². The number of nitrogens with zero attached hydrogens (tertiary/aromatic N) is 4. The molecule has 4 rings (SSSR count). The fraction of sp³-hybridized carbons (Fsp3) is 0.455. The summed E-state index contributed by atoms with van der Waals surface area (Å²) in [6.07, 6.45) is 3.54. The van der Waals surface area contributed by atoms with Crippen LogP contribution in [-0.2, 0) is 22.6 Å². The predicted molar refractivity (Wildman–Crippen MR) is 109 cm³/mol. The van der Waals surface area contributed by atoms with E-state index in [4.69, 9.17) is 4.74 Å². The molecule has 1 aromatic carbocycles. The molecular formula is C22H26N4O3. The van der Waals surface area contributed by atoms with E-state index in [2.05, 4.69) is 9.97 Å². The van der Waals surface area contributed by atoms with Crippen LogP contribution in [0.1, 0.15) is 36.3 Å². The molecule has 0 bridgehead atoms. The van der Waals surface area contributed by atoms with Gasteiger partial charge in [0, 0.05) is 31.3 Å². The summed E-state index contributed by atoms with van der Waals surface area (Å²) in [4.78, 5) is 37.6.